The molecule has 0 radical (unpaired) electrons. The van der Waals surface area contributed by atoms with E-state index in [-0.39, 0.29) is 5.91 Å². The number of amides is 3. The molecule has 3 amide bonds. The molecule has 10 nitrogen and oxygen atoms in total. The Bertz CT molecular complexity index is 791. The van der Waals surface area contributed by atoms with Gasteiger partial charge < -0.3 is 19.6 Å². The fourth-order valence-corrected chi connectivity index (χ4v) is 5.41. The van der Waals surface area contributed by atoms with E-state index in [9.17, 15) is 9.59 Å². The summed E-state index contributed by atoms with van der Waals surface area (Å²) in [4.78, 5) is 37.6. The van der Waals surface area contributed by atoms with Crippen molar-refractivity contribution in [3.63, 3.8) is 0 Å². The van der Waals surface area contributed by atoms with Crippen LogP contribution in [0.2, 0.25) is 0 Å². The highest BCUT2D eigenvalue weighted by Crippen LogP contribution is 2.28. The summed E-state index contributed by atoms with van der Waals surface area (Å²) >= 11 is 3.20. The molecule has 1 N–H and O–H groups in total. The number of thioether (sulfide) groups is 1. The number of urea groups is 1. The normalized spacial score (nSPS) is 25.8. The van der Waals surface area contributed by atoms with Gasteiger partial charge in [0.2, 0.25) is 0 Å². The van der Waals surface area contributed by atoms with E-state index in [1.165, 1.54) is 4.90 Å². The van der Waals surface area contributed by atoms with Crippen LogP contribution in [0, 0.1) is 6.92 Å². The average molecular weight is 425 g/mol. The zero-order valence-electron chi connectivity index (χ0n) is 16.2. The van der Waals surface area contributed by atoms with Crippen molar-refractivity contribution in [2.75, 3.05) is 52.6 Å². The van der Waals surface area contributed by atoms with Gasteiger partial charge in [-0.1, -0.05) is 23.1 Å². The number of piperazine rings is 1. The van der Waals surface area contributed by atoms with Crippen molar-refractivity contribution < 1.29 is 9.59 Å². The molecule has 2 fully saturated rings. The molecule has 0 aromatic carbocycles. The van der Waals surface area contributed by atoms with Gasteiger partial charge in [0, 0.05) is 45.5 Å². The number of imide groups is 1. The number of hydrogen-bond acceptors (Lipinski definition) is 10. The minimum atomic E-state index is -0.492. The lowest BCUT2D eigenvalue weighted by molar-refractivity contribution is -0.127. The molecule has 1 aromatic rings. The number of aryl methyl sites for hydroxylation is 1. The SMILES string of the molecule is Cc1nnc(SCCN2C(N3CCN(C)CC3)=NC3C2C(=O)NC(=O)N3C)s1. The van der Waals surface area contributed by atoms with E-state index < -0.39 is 18.2 Å². The second-order valence-corrected chi connectivity index (χ2v) is 9.64. The third kappa shape index (κ3) is 3.67. The monoisotopic (exact) mass is 424 g/mol. The first kappa shape index (κ1) is 19.4. The number of guanidine groups is 1. The lowest BCUT2D eigenvalue weighted by Crippen LogP contribution is -2.64. The van der Waals surface area contributed by atoms with Crippen molar-refractivity contribution in [1.29, 1.82) is 0 Å². The van der Waals surface area contributed by atoms with Gasteiger partial charge in [0.1, 0.15) is 5.01 Å². The third-order valence-corrected chi connectivity index (χ3v) is 7.14. The van der Waals surface area contributed by atoms with E-state index in [0.29, 0.717) is 6.54 Å². The summed E-state index contributed by atoms with van der Waals surface area (Å²) in [6, 6.07) is -0.887. The van der Waals surface area contributed by atoms with Gasteiger partial charge in [-0.2, -0.15) is 0 Å². The van der Waals surface area contributed by atoms with Crippen LogP contribution in [0.25, 0.3) is 0 Å². The summed E-state index contributed by atoms with van der Waals surface area (Å²) in [5.74, 6) is 1.29. The molecule has 0 spiro atoms. The summed E-state index contributed by atoms with van der Waals surface area (Å²) in [6.45, 7) is 6.18. The molecule has 0 bridgehead atoms. The van der Waals surface area contributed by atoms with Crippen LogP contribution in [-0.2, 0) is 4.79 Å². The Hall–Kier alpha value is -1.92. The maximum atomic E-state index is 12.6. The molecule has 2 unspecified atom stereocenters. The molecule has 2 saturated heterocycles. The number of likely N-dealkylation sites (N-methyl/N-ethyl adjacent to an activating group) is 2. The van der Waals surface area contributed by atoms with Crippen molar-refractivity contribution in [3.8, 4) is 0 Å². The number of rotatable bonds is 4. The first-order chi connectivity index (χ1) is 13.4. The van der Waals surface area contributed by atoms with Crippen LogP contribution >= 0.6 is 23.1 Å². The largest absolute Gasteiger partial charge is 0.340 e. The van der Waals surface area contributed by atoms with Gasteiger partial charge in [-0.05, 0) is 14.0 Å². The van der Waals surface area contributed by atoms with E-state index in [1.807, 2.05) is 6.92 Å². The van der Waals surface area contributed by atoms with Gasteiger partial charge >= 0.3 is 6.03 Å². The highest BCUT2D eigenvalue weighted by molar-refractivity contribution is 8.01. The molecule has 4 heterocycles. The van der Waals surface area contributed by atoms with E-state index in [4.69, 9.17) is 4.99 Å². The highest BCUT2D eigenvalue weighted by Gasteiger charge is 2.49. The molecule has 0 aliphatic carbocycles. The smallest absolute Gasteiger partial charge is 0.325 e. The lowest BCUT2D eigenvalue weighted by Gasteiger charge is -2.39. The summed E-state index contributed by atoms with van der Waals surface area (Å²) < 4.78 is 0.923. The number of nitrogens with one attached hydrogen (secondary N) is 1. The summed E-state index contributed by atoms with van der Waals surface area (Å²) in [5.41, 5.74) is 0. The van der Waals surface area contributed by atoms with Gasteiger partial charge in [-0.25, -0.2) is 9.79 Å². The predicted molar refractivity (Wildman–Crippen MR) is 107 cm³/mol. The number of carbonyl (C=O) groups excluding carboxylic acids is 2. The number of hydrogen-bond donors (Lipinski definition) is 1. The maximum absolute atomic E-state index is 12.6. The molecule has 2 atom stereocenters. The molecule has 12 heteroatoms. The molecule has 1 aromatic heterocycles. The second kappa shape index (κ2) is 7.84. The van der Waals surface area contributed by atoms with E-state index in [1.54, 1.807) is 30.1 Å². The second-order valence-electron chi connectivity index (χ2n) is 7.11. The van der Waals surface area contributed by atoms with E-state index in [2.05, 4.69) is 37.3 Å². The van der Waals surface area contributed by atoms with Gasteiger partial charge in [0.25, 0.3) is 5.91 Å². The first-order valence-corrected chi connectivity index (χ1v) is 11.0. The Labute approximate surface area is 172 Å². The van der Waals surface area contributed by atoms with Crippen LogP contribution in [0.1, 0.15) is 5.01 Å². The molecule has 3 aliphatic rings. The summed E-state index contributed by atoms with van der Waals surface area (Å²) in [5, 5.41) is 11.6. The van der Waals surface area contributed by atoms with Crippen molar-refractivity contribution >= 4 is 41.0 Å². The van der Waals surface area contributed by atoms with Crippen LogP contribution in [0.15, 0.2) is 9.33 Å². The molecule has 152 valence electrons. The topological polar surface area (TPSA) is 97.3 Å². The Morgan fingerprint density at radius 2 is 1.93 bits per heavy atom. The maximum Gasteiger partial charge on any atom is 0.325 e. The fraction of sp³-hybridized carbons (Fsp3) is 0.688. The minimum Gasteiger partial charge on any atom is -0.340 e. The Balaban J connectivity index is 1.52. The van der Waals surface area contributed by atoms with Crippen LogP contribution < -0.4 is 5.32 Å². The van der Waals surface area contributed by atoms with Crippen molar-refractivity contribution in [3.05, 3.63) is 5.01 Å². The number of fused-ring (bicyclic) bond motifs is 1. The minimum absolute atomic E-state index is 0.280. The van der Waals surface area contributed by atoms with Gasteiger partial charge in [-0.15, -0.1) is 10.2 Å². The Kier molecular flexibility index (Phi) is 5.43. The fourth-order valence-electron chi connectivity index (χ4n) is 3.59. The zero-order valence-corrected chi connectivity index (χ0v) is 17.8. The summed E-state index contributed by atoms with van der Waals surface area (Å²) in [7, 11) is 3.79. The zero-order chi connectivity index (χ0) is 19.8. The van der Waals surface area contributed by atoms with Crippen LogP contribution in [-0.4, -0.2) is 112 Å². The van der Waals surface area contributed by atoms with Gasteiger partial charge in [0.05, 0.1) is 0 Å². The van der Waals surface area contributed by atoms with E-state index in [0.717, 1.165) is 47.2 Å². The third-order valence-electron chi connectivity index (χ3n) is 5.19. The van der Waals surface area contributed by atoms with Gasteiger partial charge in [-0.3, -0.25) is 10.1 Å². The predicted octanol–water partition coefficient (Wildman–Crippen LogP) is -0.266. The number of aliphatic imine (C=N–C) groups is 1. The number of carbonyl (C=O) groups is 2. The van der Waals surface area contributed by atoms with Gasteiger partial charge in [0.15, 0.2) is 22.5 Å². The highest BCUT2D eigenvalue weighted by atomic mass is 32.2. The number of nitrogens with zero attached hydrogens (tertiary/aromatic N) is 7. The number of aromatic nitrogens is 2. The van der Waals surface area contributed by atoms with Crippen molar-refractivity contribution in [1.82, 2.24) is 35.1 Å². The molecule has 3 aliphatic heterocycles. The van der Waals surface area contributed by atoms with Crippen molar-refractivity contribution in [2.45, 2.75) is 23.5 Å². The van der Waals surface area contributed by atoms with Crippen molar-refractivity contribution in [2.24, 2.45) is 4.99 Å². The molecule has 28 heavy (non-hydrogen) atoms. The molecule has 0 saturated carbocycles. The lowest BCUT2D eigenvalue weighted by atomic mass is 10.1. The molecular formula is C16H24N8O2S2. The quantitative estimate of drug-likeness (QED) is 0.660. The molecule has 4 rings (SSSR count). The van der Waals surface area contributed by atoms with Crippen LogP contribution in [0.5, 0.6) is 0 Å². The first-order valence-electron chi connectivity index (χ1n) is 9.22. The summed E-state index contributed by atoms with van der Waals surface area (Å²) in [6.07, 6.45) is -0.482. The average Bonchev–Trinajstić information content (AvgIpc) is 3.25. The van der Waals surface area contributed by atoms with Crippen LogP contribution in [0.4, 0.5) is 4.79 Å². The van der Waals surface area contributed by atoms with E-state index >= 15 is 0 Å². The Morgan fingerprint density at radius 3 is 2.61 bits per heavy atom. The van der Waals surface area contributed by atoms with Crippen LogP contribution in [0.3, 0.4) is 0 Å². The standard InChI is InChI=1S/C16H24N8O2S2/c1-10-19-20-16(28-10)27-9-8-24-11-12(22(3)15(26)18-13(11)25)17-14(24)23-6-4-21(2)5-7-23/h11-12H,4-9H2,1-3H3,(H,18,25,26). The molecular weight excluding hydrogens is 400 g/mol. The Morgan fingerprint density at radius 1 is 1.18 bits per heavy atom.